The number of benzene rings is 1. The fourth-order valence-corrected chi connectivity index (χ4v) is 1.15. The summed E-state index contributed by atoms with van der Waals surface area (Å²) in [5.41, 5.74) is 1.47. The summed E-state index contributed by atoms with van der Waals surface area (Å²) < 4.78 is 5.09. The van der Waals surface area contributed by atoms with Gasteiger partial charge >= 0.3 is 5.97 Å². The fourth-order valence-electron chi connectivity index (χ4n) is 1.15. The number of ether oxygens (including phenoxy) is 1. The summed E-state index contributed by atoms with van der Waals surface area (Å²) in [5.74, 6) is -0.344. The van der Waals surface area contributed by atoms with Gasteiger partial charge in [0, 0.05) is 6.08 Å². The van der Waals surface area contributed by atoms with Crippen LogP contribution in [-0.4, -0.2) is 12.1 Å². The number of rotatable bonds is 4. The van der Waals surface area contributed by atoms with Crippen LogP contribution in [0.25, 0.3) is 6.08 Å². The zero-order valence-electron chi connectivity index (χ0n) is 10.0. The van der Waals surface area contributed by atoms with Crippen molar-refractivity contribution in [2.45, 2.75) is 26.4 Å². The topological polar surface area (TPSA) is 50.1 Å². The first kappa shape index (κ1) is 13.0. The lowest BCUT2D eigenvalue weighted by molar-refractivity contribution is -0.142. The van der Waals surface area contributed by atoms with Gasteiger partial charge in [-0.2, -0.15) is 5.26 Å². The largest absolute Gasteiger partial charge is 0.460 e. The molecule has 88 valence electrons. The molecule has 0 aromatic heterocycles. The molecule has 0 aliphatic carbocycles. The maximum Gasteiger partial charge on any atom is 0.331 e. The maximum atomic E-state index is 11.3. The van der Waals surface area contributed by atoms with Crippen LogP contribution in [0.4, 0.5) is 0 Å². The predicted molar refractivity (Wildman–Crippen MR) is 66.0 cm³/mol. The maximum absolute atomic E-state index is 11.3. The van der Waals surface area contributed by atoms with Gasteiger partial charge in [0.05, 0.1) is 17.7 Å². The molecule has 0 saturated carbocycles. The zero-order chi connectivity index (χ0) is 12.7. The molecule has 1 atom stereocenters. The Morgan fingerprint density at radius 2 is 2.12 bits per heavy atom. The van der Waals surface area contributed by atoms with E-state index in [1.165, 1.54) is 6.08 Å². The SMILES string of the molecule is CCC(C)OC(=O)/C=C/c1ccc(C#N)cc1. The number of hydrogen-bond acceptors (Lipinski definition) is 3. The molecule has 17 heavy (non-hydrogen) atoms. The van der Waals surface area contributed by atoms with E-state index in [4.69, 9.17) is 10.00 Å². The summed E-state index contributed by atoms with van der Waals surface area (Å²) in [6.07, 6.45) is 3.81. The van der Waals surface area contributed by atoms with Gasteiger partial charge in [0.15, 0.2) is 0 Å². The molecule has 3 heteroatoms. The van der Waals surface area contributed by atoms with E-state index in [1.54, 1.807) is 30.3 Å². The van der Waals surface area contributed by atoms with Crippen LogP contribution in [0.3, 0.4) is 0 Å². The van der Waals surface area contributed by atoms with Gasteiger partial charge in [-0.15, -0.1) is 0 Å². The molecule has 1 aromatic rings. The van der Waals surface area contributed by atoms with Crippen LogP contribution in [0.2, 0.25) is 0 Å². The molecule has 1 unspecified atom stereocenters. The van der Waals surface area contributed by atoms with Gasteiger partial charge in [0.1, 0.15) is 0 Å². The Bertz CT molecular complexity index is 440. The molecule has 3 nitrogen and oxygen atoms in total. The third kappa shape index (κ3) is 4.52. The van der Waals surface area contributed by atoms with E-state index in [-0.39, 0.29) is 12.1 Å². The number of nitrogens with zero attached hydrogens (tertiary/aromatic N) is 1. The van der Waals surface area contributed by atoms with E-state index >= 15 is 0 Å². The Morgan fingerprint density at radius 3 is 2.65 bits per heavy atom. The van der Waals surface area contributed by atoms with E-state index in [0.717, 1.165) is 12.0 Å². The van der Waals surface area contributed by atoms with Crippen molar-refractivity contribution in [3.8, 4) is 6.07 Å². The summed E-state index contributed by atoms with van der Waals surface area (Å²) in [6.45, 7) is 3.82. The minimum absolute atomic E-state index is 0.0619. The monoisotopic (exact) mass is 229 g/mol. The first-order valence-electron chi connectivity index (χ1n) is 5.54. The third-order valence-electron chi connectivity index (χ3n) is 2.34. The number of esters is 1. The van der Waals surface area contributed by atoms with E-state index in [1.807, 2.05) is 19.9 Å². The van der Waals surface area contributed by atoms with Crippen molar-refractivity contribution in [2.75, 3.05) is 0 Å². The summed E-state index contributed by atoms with van der Waals surface area (Å²) in [4.78, 5) is 11.3. The highest BCUT2D eigenvalue weighted by molar-refractivity contribution is 5.87. The van der Waals surface area contributed by atoms with Crippen LogP contribution in [-0.2, 0) is 9.53 Å². The van der Waals surface area contributed by atoms with Crippen LogP contribution in [0, 0.1) is 11.3 Å². The van der Waals surface area contributed by atoms with Gasteiger partial charge < -0.3 is 4.74 Å². The molecule has 0 aliphatic rings. The Hall–Kier alpha value is -2.08. The first-order valence-corrected chi connectivity index (χ1v) is 5.54. The Kier molecular flexibility index (Phi) is 4.96. The van der Waals surface area contributed by atoms with Crippen LogP contribution >= 0.6 is 0 Å². The summed E-state index contributed by atoms with van der Waals surface area (Å²) in [5, 5.41) is 8.63. The highest BCUT2D eigenvalue weighted by Crippen LogP contribution is 2.06. The second-order valence-corrected chi connectivity index (χ2v) is 3.72. The molecule has 0 saturated heterocycles. The number of carbonyl (C=O) groups excluding carboxylic acids is 1. The molecule has 0 spiro atoms. The highest BCUT2D eigenvalue weighted by Gasteiger charge is 2.03. The molecule has 0 radical (unpaired) electrons. The Labute approximate surface area is 101 Å². The lowest BCUT2D eigenvalue weighted by Crippen LogP contribution is -2.11. The van der Waals surface area contributed by atoms with Crippen molar-refractivity contribution >= 4 is 12.0 Å². The van der Waals surface area contributed by atoms with Gasteiger partial charge in [0.25, 0.3) is 0 Å². The van der Waals surface area contributed by atoms with Crippen molar-refractivity contribution in [3.63, 3.8) is 0 Å². The smallest absolute Gasteiger partial charge is 0.331 e. The molecule has 1 rings (SSSR count). The van der Waals surface area contributed by atoms with Crippen molar-refractivity contribution in [2.24, 2.45) is 0 Å². The molecule has 0 N–H and O–H groups in total. The highest BCUT2D eigenvalue weighted by atomic mass is 16.5. The van der Waals surface area contributed by atoms with Crippen molar-refractivity contribution in [1.82, 2.24) is 0 Å². The molecular formula is C14H15NO2. The third-order valence-corrected chi connectivity index (χ3v) is 2.34. The van der Waals surface area contributed by atoms with Crippen LogP contribution in [0.5, 0.6) is 0 Å². The quantitative estimate of drug-likeness (QED) is 0.589. The van der Waals surface area contributed by atoms with Crippen molar-refractivity contribution in [1.29, 1.82) is 5.26 Å². The van der Waals surface area contributed by atoms with Crippen molar-refractivity contribution in [3.05, 3.63) is 41.5 Å². The van der Waals surface area contributed by atoms with E-state index in [2.05, 4.69) is 0 Å². The molecule has 0 bridgehead atoms. The van der Waals surface area contributed by atoms with Gasteiger partial charge in [-0.1, -0.05) is 19.1 Å². The molecule has 0 heterocycles. The molecule has 0 fully saturated rings. The average molecular weight is 229 g/mol. The van der Waals surface area contributed by atoms with Gasteiger partial charge in [-0.3, -0.25) is 0 Å². The minimum atomic E-state index is -0.344. The standard InChI is InChI=1S/C14H15NO2/c1-3-11(2)17-14(16)9-8-12-4-6-13(10-15)7-5-12/h4-9,11H,3H2,1-2H3/b9-8+. The average Bonchev–Trinajstić information content (AvgIpc) is 2.36. The van der Waals surface area contributed by atoms with Gasteiger partial charge in [0.2, 0.25) is 0 Å². The molecule has 0 amide bonds. The van der Waals surface area contributed by atoms with Crippen LogP contribution < -0.4 is 0 Å². The predicted octanol–water partition coefficient (Wildman–Crippen LogP) is 2.91. The van der Waals surface area contributed by atoms with Gasteiger partial charge in [-0.05, 0) is 37.1 Å². The lowest BCUT2D eigenvalue weighted by atomic mass is 10.1. The Morgan fingerprint density at radius 1 is 1.47 bits per heavy atom. The number of hydrogen-bond donors (Lipinski definition) is 0. The number of carbonyl (C=O) groups is 1. The van der Waals surface area contributed by atoms with E-state index in [0.29, 0.717) is 5.56 Å². The van der Waals surface area contributed by atoms with E-state index in [9.17, 15) is 4.79 Å². The van der Waals surface area contributed by atoms with Crippen LogP contribution in [0.1, 0.15) is 31.4 Å². The molecule has 1 aromatic carbocycles. The van der Waals surface area contributed by atoms with Crippen molar-refractivity contribution < 1.29 is 9.53 Å². The summed E-state index contributed by atoms with van der Waals surface area (Å²) in [6, 6.07) is 9.02. The second-order valence-electron chi connectivity index (χ2n) is 3.72. The van der Waals surface area contributed by atoms with E-state index < -0.39 is 0 Å². The minimum Gasteiger partial charge on any atom is -0.460 e. The molecular weight excluding hydrogens is 214 g/mol. The fraction of sp³-hybridized carbons (Fsp3) is 0.286. The first-order chi connectivity index (χ1) is 8.15. The summed E-state index contributed by atoms with van der Waals surface area (Å²) in [7, 11) is 0. The summed E-state index contributed by atoms with van der Waals surface area (Å²) >= 11 is 0. The van der Waals surface area contributed by atoms with Gasteiger partial charge in [-0.25, -0.2) is 4.79 Å². The molecule has 0 aliphatic heterocycles. The Balaban J connectivity index is 2.58. The number of nitriles is 1. The lowest BCUT2D eigenvalue weighted by Gasteiger charge is -2.07. The normalized spacial score (nSPS) is 12.1. The second kappa shape index (κ2) is 6.49. The van der Waals surface area contributed by atoms with Crippen LogP contribution in [0.15, 0.2) is 30.3 Å². The zero-order valence-corrected chi connectivity index (χ0v) is 10.0.